The molecule has 0 amide bonds. The number of benzene rings is 1. The molecule has 1 aliphatic rings. The highest BCUT2D eigenvalue weighted by Crippen LogP contribution is 2.33. The van der Waals surface area contributed by atoms with Gasteiger partial charge in [0.15, 0.2) is 6.10 Å². The summed E-state index contributed by atoms with van der Waals surface area (Å²) in [6.07, 6.45) is 5.55. The summed E-state index contributed by atoms with van der Waals surface area (Å²) in [5.74, 6) is 0.731. The molecule has 0 bridgehead atoms. The van der Waals surface area contributed by atoms with E-state index in [1.165, 1.54) is 0 Å². The van der Waals surface area contributed by atoms with Crippen molar-refractivity contribution in [3.63, 3.8) is 0 Å². The van der Waals surface area contributed by atoms with Gasteiger partial charge in [0.05, 0.1) is 27.1 Å². The van der Waals surface area contributed by atoms with E-state index >= 15 is 0 Å². The van der Waals surface area contributed by atoms with Crippen molar-refractivity contribution >= 4 is 55.5 Å². The molecule has 2 aromatic heterocycles. The number of nitrogens with zero attached hydrogens (tertiary/aromatic N) is 4. The summed E-state index contributed by atoms with van der Waals surface area (Å²) in [5.41, 5.74) is 5.34. The van der Waals surface area contributed by atoms with Gasteiger partial charge in [-0.05, 0) is 45.8 Å². The Bertz CT molecular complexity index is 1010. The summed E-state index contributed by atoms with van der Waals surface area (Å²) in [6.45, 7) is 3.82. The van der Waals surface area contributed by atoms with Crippen LogP contribution in [0.3, 0.4) is 0 Å². The summed E-state index contributed by atoms with van der Waals surface area (Å²) < 4.78 is 8.24. The molecule has 3 aromatic rings. The highest BCUT2D eigenvalue weighted by molar-refractivity contribution is 9.10. The third-order valence-corrected chi connectivity index (χ3v) is 5.18. The van der Waals surface area contributed by atoms with Crippen LogP contribution < -0.4 is 4.74 Å². The molecule has 0 fully saturated rings. The van der Waals surface area contributed by atoms with Crippen LogP contribution in [-0.4, -0.2) is 21.9 Å². The van der Waals surface area contributed by atoms with Crippen molar-refractivity contribution < 1.29 is 4.74 Å². The minimum atomic E-state index is -0.403. The van der Waals surface area contributed by atoms with Gasteiger partial charge in [-0.15, -0.1) is 11.3 Å². The van der Waals surface area contributed by atoms with Crippen LogP contribution in [0.2, 0.25) is 0 Å². The van der Waals surface area contributed by atoms with Crippen LogP contribution in [0.5, 0.6) is 5.75 Å². The first-order valence-corrected chi connectivity index (χ1v) is 9.28. The zero-order chi connectivity index (χ0) is 17.2. The van der Waals surface area contributed by atoms with Crippen LogP contribution in [0, 0.1) is 0 Å². The van der Waals surface area contributed by atoms with E-state index in [4.69, 9.17) is 4.74 Å². The van der Waals surface area contributed by atoms with Crippen molar-refractivity contribution in [2.45, 2.75) is 12.5 Å². The third-order valence-electron chi connectivity index (χ3n) is 3.80. The quantitative estimate of drug-likeness (QED) is 0.588. The third kappa shape index (κ3) is 3.25. The van der Waals surface area contributed by atoms with E-state index in [9.17, 15) is 0 Å². The molecule has 1 aromatic carbocycles. The Labute approximate surface area is 156 Å². The van der Waals surface area contributed by atoms with Crippen molar-refractivity contribution in [3.05, 3.63) is 58.3 Å². The summed E-state index contributed by atoms with van der Waals surface area (Å²) in [4.78, 5) is 8.82. The molecule has 5 nitrogen and oxygen atoms in total. The van der Waals surface area contributed by atoms with Crippen molar-refractivity contribution in [3.8, 4) is 5.75 Å². The molecule has 1 unspecified atom stereocenters. The van der Waals surface area contributed by atoms with E-state index in [1.54, 1.807) is 29.8 Å². The Balaban J connectivity index is 1.73. The lowest BCUT2D eigenvalue weighted by Gasteiger charge is -2.19. The topological polar surface area (TPSA) is 59.7 Å². The van der Waals surface area contributed by atoms with E-state index in [2.05, 4.69) is 42.7 Å². The zero-order valence-corrected chi connectivity index (χ0v) is 15.5. The van der Waals surface area contributed by atoms with Gasteiger partial charge >= 0.3 is 0 Å². The number of hydrogen-bond acceptors (Lipinski definition) is 6. The summed E-state index contributed by atoms with van der Waals surface area (Å²) in [6, 6.07) is 7.76. The molecular formula is C18H13BrN4OS. The van der Waals surface area contributed by atoms with E-state index in [1.807, 2.05) is 29.8 Å². The molecule has 1 atom stereocenters. The Kier molecular flexibility index (Phi) is 4.42. The van der Waals surface area contributed by atoms with E-state index in [0.717, 1.165) is 37.4 Å². The summed E-state index contributed by atoms with van der Waals surface area (Å²) >= 11 is 5.13. The lowest BCUT2D eigenvalue weighted by atomic mass is 10.1. The molecule has 0 radical (unpaired) electrons. The molecule has 3 heterocycles. The number of thiazole rings is 1. The highest BCUT2D eigenvalue weighted by Gasteiger charge is 2.24. The predicted molar refractivity (Wildman–Crippen MR) is 106 cm³/mol. The molecule has 1 aliphatic heterocycles. The lowest BCUT2D eigenvalue weighted by Crippen LogP contribution is -2.19. The Morgan fingerprint density at radius 2 is 2.20 bits per heavy atom. The molecule has 4 rings (SSSR count). The minimum absolute atomic E-state index is 0.403. The van der Waals surface area contributed by atoms with E-state index in [-0.39, 0.29) is 0 Å². The smallest absolute Gasteiger partial charge is 0.181 e. The maximum absolute atomic E-state index is 6.28. The van der Waals surface area contributed by atoms with Gasteiger partial charge in [-0.1, -0.05) is 12.7 Å². The van der Waals surface area contributed by atoms with Crippen LogP contribution in [0.1, 0.15) is 23.8 Å². The molecule has 0 spiro atoms. The molecule has 0 saturated heterocycles. The Morgan fingerprint density at radius 1 is 1.28 bits per heavy atom. The van der Waals surface area contributed by atoms with Gasteiger partial charge < -0.3 is 4.74 Å². The van der Waals surface area contributed by atoms with E-state index in [0.29, 0.717) is 6.42 Å². The van der Waals surface area contributed by atoms with Crippen LogP contribution >= 0.6 is 27.3 Å². The monoisotopic (exact) mass is 412 g/mol. The number of ether oxygens (including phenoxy) is 1. The summed E-state index contributed by atoms with van der Waals surface area (Å²) in [7, 11) is 0. The second kappa shape index (κ2) is 6.85. The van der Waals surface area contributed by atoms with Gasteiger partial charge in [-0.2, -0.15) is 10.2 Å². The second-order valence-electron chi connectivity index (χ2n) is 5.41. The van der Waals surface area contributed by atoms with Gasteiger partial charge in [-0.3, -0.25) is 4.98 Å². The molecule has 0 aliphatic carbocycles. The number of pyridine rings is 1. The van der Waals surface area contributed by atoms with Crippen LogP contribution in [-0.2, 0) is 0 Å². The maximum Gasteiger partial charge on any atom is 0.181 e. The van der Waals surface area contributed by atoms with Gasteiger partial charge in [0.1, 0.15) is 5.75 Å². The van der Waals surface area contributed by atoms with Crippen molar-refractivity contribution in [2.75, 3.05) is 0 Å². The average molecular weight is 413 g/mol. The number of fused-ring (bicyclic) bond motifs is 1. The fraction of sp³-hybridized carbons (Fsp3) is 0.111. The second-order valence-corrected chi connectivity index (χ2v) is 7.15. The minimum Gasteiger partial charge on any atom is -0.478 e. The SMILES string of the molecule is C=Cc1ccnc(C(Oc2cc(Br)c3ncsc3c2)C2=NN=CC2)c1. The fourth-order valence-corrected chi connectivity index (χ4v) is 3.99. The van der Waals surface area contributed by atoms with Gasteiger partial charge in [0.2, 0.25) is 0 Å². The fourth-order valence-electron chi connectivity index (χ4n) is 2.59. The Hall–Kier alpha value is -2.38. The van der Waals surface area contributed by atoms with Gasteiger partial charge in [-0.25, -0.2) is 4.98 Å². The molecule has 0 N–H and O–H groups in total. The largest absolute Gasteiger partial charge is 0.478 e. The Morgan fingerprint density at radius 3 is 3.00 bits per heavy atom. The van der Waals surface area contributed by atoms with E-state index < -0.39 is 6.10 Å². The normalized spacial score (nSPS) is 14.5. The maximum atomic E-state index is 6.28. The van der Waals surface area contributed by atoms with Crippen molar-refractivity contribution in [2.24, 2.45) is 10.2 Å². The number of aromatic nitrogens is 2. The number of halogens is 1. The van der Waals surface area contributed by atoms with Crippen molar-refractivity contribution in [1.82, 2.24) is 9.97 Å². The standard InChI is InChI=1S/C18H13BrN4OS/c1-2-11-3-5-20-15(7-11)18(14-4-6-22-23-14)24-12-8-13(19)17-16(9-12)25-10-21-17/h2-3,5-10,18H,1,4H2. The lowest BCUT2D eigenvalue weighted by molar-refractivity contribution is 0.267. The number of rotatable bonds is 5. The highest BCUT2D eigenvalue weighted by atomic mass is 79.9. The van der Waals surface area contributed by atoms with Crippen molar-refractivity contribution in [1.29, 1.82) is 0 Å². The predicted octanol–water partition coefficient (Wildman–Crippen LogP) is 5.05. The zero-order valence-electron chi connectivity index (χ0n) is 13.1. The molecular weight excluding hydrogens is 400 g/mol. The van der Waals surface area contributed by atoms with Gasteiger partial charge in [0.25, 0.3) is 0 Å². The van der Waals surface area contributed by atoms with Crippen LogP contribution in [0.4, 0.5) is 0 Å². The molecule has 7 heteroatoms. The molecule has 0 saturated carbocycles. The first-order chi connectivity index (χ1) is 12.2. The first-order valence-electron chi connectivity index (χ1n) is 7.60. The van der Waals surface area contributed by atoms with Crippen LogP contribution in [0.25, 0.3) is 16.3 Å². The van der Waals surface area contributed by atoms with Crippen LogP contribution in [0.15, 0.2) is 57.2 Å². The average Bonchev–Trinajstić information content (AvgIpc) is 3.31. The number of hydrogen-bond donors (Lipinski definition) is 0. The first kappa shape index (κ1) is 16.1. The van der Waals surface area contributed by atoms with Gasteiger partial charge in [0, 0.05) is 23.3 Å². The molecule has 25 heavy (non-hydrogen) atoms. The molecule has 124 valence electrons. The summed E-state index contributed by atoms with van der Waals surface area (Å²) in [5, 5.41) is 8.19.